The monoisotopic (exact) mass is 488 g/mol. The van der Waals surface area contributed by atoms with E-state index < -0.39 is 6.61 Å². The van der Waals surface area contributed by atoms with E-state index in [9.17, 15) is 8.78 Å². The Balaban J connectivity index is 0.00000261. The molecule has 3 rings (SSSR count). The van der Waals surface area contributed by atoms with E-state index >= 15 is 0 Å². The Morgan fingerprint density at radius 1 is 1.11 bits per heavy atom. The van der Waals surface area contributed by atoms with Gasteiger partial charge in [0.1, 0.15) is 5.75 Å². The first-order valence-electron chi connectivity index (χ1n) is 7.93. The van der Waals surface area contributed by atoms with Crippen molar-refractivity contribution >= 4 is 35.6 Å². The number of pyridine rings is 1. The Bertz CT molecular complexity index is 902. The lowest BCUT2D eigenvalue weighted by Crippen LogP contribution is -2.36. The average molecular weight is 488 g/mol. The molecule has 0 unspecified atom stereocenters. The fourth-order valence-electron chi connectivity index (χ4n) is 2.43. The minimum absolute atomic E-state index is 0. The fourth-order valence-corrected chi connectivity index (χ4v) is 2.43. The molecule has 0 aliphatic rings. The molecule has 1 aromatic carbocycles. The number of hydrogen-bond acceptors (Lipinski definition) is 4. The van der Waals surface area contributed by atoms with Crippen LogP contribution in [0.4, 0.5) is 8.78 Å². The topological polar surface area (TPSA) is 75.8 Å². The number of para-hydroxylation sites is 1. The Labute approximate surface area is 171 Å². The highest BCUT2D eigenvalue weighted by Gasteiger charge is 2.10. The van der Waals surface area contributed by atoms with E-state index in [0.717, 1.165) is 11.5 Å². The number of aromatic nitrogens is 3. The van der Waals surface area contributed by atoms with Crippen molar-refractivity contribution in [2.45, 2.75) is 19.7 Å². The van der Waals surface area contributed by atoms with Crippen molar-refractivity contribution in [3.63, 3.8) is 0 Å². The predicted molar refractivity (Wildman–Crippen MR) is 109 cm³/mol. The standard InChI is InChI=1S/C17H18F2N6O.HI/c1-20-17(21-10-12-6-2-3-7-13(12)26-16(18)19)22-11-15-24-23-14-8-4-5-9-25(14)15;/h2-9,16H,10-11H2,1H3,(H2,20,21,22);1H. The molecule has 2 N–H and O–H groups in total. The molecule has 0 radical (unpaired) electrons. The zero-order valence-corrected chi connectivity index (χ0v) is 16.8. The number of fused-ring (bicyclic) bond motifs is 1. The summed E-state index contributed by atoms with van der Waals surface area (Å²) >= 11 is 0. The van der Waals surface area contributed by atoms with Crippen LogP contribution < -0.4 is 15.4 Å². The van der Waals surface area contributed by atoms with Crippen LogP contribution in [0, 0.1) is 0 Å². The molecule has 144 valence electrons. The van der Waals surface area contributed by atoms with Gasteiger partial charge in [0.15, 0.2) is 17.4 Å². The van der Waals surface area contributed by atoms with E-state index in [1.807, 2.05) is 28.8 Å². The number of rotatable bonds is 6. The van der Waals surface area contributed by atoms with Crippen molar-refractivity contribution in [1.82, 2.24) is 25.2 Å². The van der Waals surface area contributed by atoms with Gasteiger partial charge in [-0.2, -0.15) is 8.78 Å². The molecule has 0 saturated carbocycles. The van der Waals surface area contributed by atoms with E-state index in [0.29, 0.717) is 18.1 Å². The molecule has 2 aromatic heterocycles. The van der Waals surface area contributed by atoms with Gasteiger partial charge in [-0.15, -0.1) is 34.2 Å². The van der Waals surface area contributed by atoms with E-state index in [-0.39, 0.29) is 36.3 Å². The highest BCUT2D eigenvalue weighted by molar-refractivity contribution is 14.0. The number of hydrogen-bond donors (Lipinski definition) is 2. The van der Waals surface area contributed by atoms with Crippen LogP contribution in [-0.4, -0.2) is 34.2 Å². The first-order valence-corrected chi connectivity index (χ1v) is 7.93. The van der Waals surface area contributed by atoms with Gasteiger partial charge in [0.05, 0.1) is 6.54 Å². The van der Waals surface area contributed by atoms with Gasteiger partial charge in [-0.1, -0.05) is 24.3 Å². The fraction of sp³-hybridized carbons (Fsp3) is 0.235. The van der Waals surface area contributed by atoms with Crippen molar-refractivity contribution in [2.75, 3.05) is 7.05 Å². The Hall–Kier alpha value is -2.50. The maximum Gasteiger partial charge on any atom is 0.387 e. The average Bonchev–Trinajstić information content (AvgIpc) is 3.06. The minimum atomic E-state index is -2.87. The molecule has 2 heterocycles. The number of nitrogens with one attached hydrogen (secondary N) is 2. The summed E-state index contributed by atoms with van der Waals surface area (Å²) in [5.74, 6) is 1.36. The molecule has 10 heteroatoms. The summed E-state index contributed by atoms with van der Waals surface area (Å²) in [5.41, 5.74) is 1.36. The molecule has 0 atom stereocenters. The number of ether oxygens (including phenoxy) is 1. The van der Waals surface area contributed by atoms with Gasteiger partial charge in [0.25, 0.3) is 0 Å². The molecule has 0 saturated heterocycles. The maximum absolute atomic E-state index is 12.5. The Morgan fingerprint density at radius 2 is 1.85 bits per heavy atom. The van der Waals surface area contributed by atoms with Gasteiger partial charge in [0, 0.05) is 25.4 Å². The summed E-state index contributed by atoms with van der Waals surface area (Å²) in [5, 5.41) is 14.4. The van der Waals surface area contributed by atoms with Gasteiger partial charge in [-0.05, 0) is 18.2 Å². The molecule has 0 aliphatic heterocycles. The first kappa shape index (κ1) is 20.8. The third kappa shape index (κ3) is 5.49. The SMILES string of the molecule is CN=C(NCc1ccccc1OC(F)F)NCc1nnc2ccccn12.I. The van der Waals surface area contributed by atoms with Crippen molar-refractivity contribution in [1.29, 1.82) is 0 Å². The number of nitrogens with zero attached hydrogens (tertiary/aromatic N) is 4. The molecule has 0 bridgehead atoms. The van der Waals surface area contributed by atoms with Crippen molar-refractivity contribution < 1.29 is 13.5 Å². The van der Waals surface area contributed by atoms with Gasteiger partial charge < -0.3 is 15.4 Å². The maximum atomic E-state index is 12.5. The highest BCUT2D eigenvalue weighted by Crippen LogP contribution is 2.19. The lowest BCUT2D eigenvalue weighted by molar-refractivity contribution is -0.0504. The van der Waals surface area contributed by atoms with E-state index in [1.54, 1.807) is 25.2 Å². The molecule has 0 spiro atoms. The van der Waals surface area contributed by atoms with Crippen molar-refractivity contribution in [2.24, 2.45) is 4.99 Å². The summed E-state index contributed by atoms with van der Waals surface area (Å²) in [6, 6.07) is 12.3. The zero-order valence-electron chi connectivity index (χ0n) is 14.5. The molecule has 7 nitrogen and oxygen atoms in total. The molecule has 0 aliphatic carbocycles. The Kier molecular flexibility index (Phi) is 7.70. The summed E-state index contributed by atoms with van der Waals surface area (Å²) < 4.78 is 31.3. The third-order valence-corrected chi connectivity index (χ3v) is 3.66. The Morgan fingerprint density at radius 3 is 2.63 bits per heavy atom. The second kappa shape index (κ2) is 10.00. The minimum Gasteiger partial charge on any atom is -0.434 e. The molecule has 27 heavy (non-hydrogen) atoms. The second-order valence-electron chi connectivity index (χ2n) is 5.31. The number of aliphatic imine (C=N–C) groups is 1. The van der Waals surface area contributed by atoms with Crippen molar-refractivity contribution in [3.8, 4) is 5.75 Å². The van der Waals surface area contributed by atoms with Crippen LogP contribution in [0.25, 0.3) is 5.65 Å². The number of benzene rings is 1. The summed E-state index contributed by atoms with van der Waals surface area (Å²) in [6.07, 6.45) is 1.88. The normalized spacial score (nSPS) is 11.3. The van der Waals surface area contributed by atoms with Crippen LogP contribution in [0.3, 0.4) is 0 Å². The van der Waals surface area contributed by atoms with Crippen LogP contribution in [0.5, 0.6) is 5.75 Å². The lowest BCUT2D eigenvalue weighted by atomic mass is 10.2. The van der Waals surface area contributed by atoms with Gasteiger partial charge >= 0.3 is 6.61 Å². The van der Waals surface area contributed by atoms with Crippen LogP contribution in [-0.2, 0) is 13.1 Å². The molecular formula is C17H19F2IN6O. The third-order valence-electron chi connectivity index (χ3n) is 3.66. The van der Waals surface area contributed by atoms with Gasteiger partial charge in [-0.25, -0.2) is 0 Å². The molecule has 3 aromatic rings. The number of halogens is 3. The highest BCUT2D eigenvalue weighted by atomic mass is 127. The molecule has 0 fully saturated rings. The number of alkyl halides is 2. The first-order chi connectivity index (χ1) is 12.7. The zero-order chi connectivity index (χ0) is 18.4. The van der Waals surface area contributed by atoms with Crippen LogP contribution in [0.15, 0.2) is 53.7 Å². The van der Waals surface area contributed by atoms with Crippen LogP contribution in [0.2, 0.25) is 0 Å². The molecular weight excluding hydrogens is 469 g/mol. The van der Waals surface area contributed by atoms with E-state index in [2.05, 4.69) is 30.6 Å². The van der Waals surface area contributed by atoms with Crippen LogP contribution >= 0.6 is 24.0 Å². The quantitative estimate of drug-likeness (QED) is 0.317. The van der Waals surface area contributed by atoms with Gasteiger partial charge in [-0.3, -0.25) is 9.39 Å². The second-order valence-corrected chi connectivity index (χ2v) is 5.31. The van der Waals surface area contributed by atoms with E-state index in [1.165, 1.54) is 6.07 Å². The summed E-state index contributed by atoms with van der Waals surface area (Å²) in [6.45, 7) is -2.18. The van der Waals surface area contributed by atoms with E-state index in [4.69, 9.17) is 0 Å². The van der Waals surface area contributed by atoms with Crippen molar-refractivity contribution in [3.05, 3.63) is 60.0 Å². The largest absolute Gasteiger partial charge is 0.434 e. The smallest absolute Gasteiger partial charge is 0.387 e. The van der Waals surface area contributed by atoms with Gasteiger partial charge in [0.2, 0.25) is 0 Å². The lowest BCUT2D eigenvalue weighted by Gasteiger charge is -2.14. The van der Waals surface area contributed by atoms with Crippen LogP contribution in [0.1, 0.15) is 11.4 Å². The summed E-state index contributed by atoms with van der Waals surface area (Å²) in [7, 11) is 1.62. The summed E-state index contributed by atoms with van der Waals surface area (Å²) in [4.78, 5) is 4.12. The predicted octanol–water partition coefficient (Wildman–Crippen LogP) is 2.81. The number of guanidine groups is 1. The molecule has 0 amide bonds.